The van der Waals surface area contributed by atoms with Crippen molar-refractivity contribution in [1.29, 1.82) is 0 Å². The van der Waals surface area contributed by atoms with E-state index in [-0.39, 0.29) is 12.0 Å². The molecular formula is C25H30FNO4. The SMILES string of the molecule is C#C.C=Cc1c(-c2ccc(CF)cc2)c(CC(=O)O)n(C)c(=O)c1C=C.CC(C)(C)O. The molecule has 2 N–H and O–H groups in total. The normalized spacial score (nSPS) is 10.1. The molecule has 166 valence electrons. The number of alkyl halides is 1. The second-order valence-electron chi connectivity index (χ2n) is 7.49. The van der Waals surface area contributed by atoms with Crippen LogP contribution in [0.5, 0.6) is 0 Å². The highest BCUT2D eigenvalue weighted by molar-refractivity contribution is 5.84. The van der Waals surface area contributed by atoms with Gasteiger partial charge in [-0.15, -0.1) is 12.8 Å². The largest absolute Gasteiger partial charge is 0.481 e. The van der Waals surface area contributed by atoms with E-state index in [4.69, 9.17) is 5.11 Å². The number of rotatable bonds is 6. The topological polar surface area (TPSA) is 79.5 Å². The summed E-state index contributed by atoms with van der Waals surface area (Å²) in [6, 6.07) is 6.68. The Hall–Kier alpha value is -3.43. The molecule has 0 atom stereocenters. The number of halogens is 1. The third-order valence-electron chi connectivity index (χ3n) is 3.91. The number of carboxylic acids is 1. The number of hydrogen-bond donors (Lipinski definition) is 2. The molecule has 0 bridgehead atoms. The predicted octanol–water partition coefficient (Wildman–Crippen LogP) is 4.46. The molecule has 6 heteroatoms. The summed E-state index contributed by atoms with van der Waals surface area (Å²) < 4.78 is 14.1. The van der Waals surface area contributed by atoms with E-state index >= 15 is 0 Å². The molecule has 2 aromatic rings. The summed E-state index contributed by atoms with van der Waals surface area (Å²) in [5.41, 5.74) is 2.21. The number of aliphatic hydroxyl groups is 1. The van der Waals surface area contributed by atoms with Gasteiger partial charge >= 0.3 is 5.97 Å². The molecular weight excluding hydrogens is 397 g/mol. The summed E-state index contributed by atoms with van der Waals surface area (Å²) in [6.45, 7) is 12.1. The molecule has 0 unspecified atom stereocenters. The Kier molecular flexibility index (Phi) is 10.9. The molecule has 0 saturated carbocycles. The van der Waals surface area contributed by atoms with Crippen LogP contribution in [0, 0.1) is 12.8 Å². The average molecular weight is 428 g/mol. The Bertz CT molecular complexity index is 987. The molecule has 0 saturated heterocycles. The number of pyridine rings is 1. The maximum absolute atomic E-state index is 12.7. The summed E-state index contributed by atoms with van der Waals surface area (Å²) >= 11 is 0. The molecule has 0 fully saturated rings. The Morgan fingerprint density at radius 1 is 1.13 bits per heavy atom. The Labute approximate surface area is 183 Å². The molecule has 1 aromatic heterocycles. The van der Waals surface area contributed by atoms with E-state index in [1.54, 1.807) is 45.0 Å². The van der Waals surface area contributed by atoms with E-state index in [9.17, 15) is 19.1 Å². The Morgan fingerprint density at radius 3 is 1.94 bits per heavy atom. The molecule has 31 heavy (non-hydrogen) atoms. The van der Waals surface area contributed by atoms with Gasteiger partial charge in [0.2, 0.25) is 0 Å². The van der Waals surface area contributed by atoms with Gasteiger partial charge in [-0.25, -0.2) is 4.39 Å². The first-order chi connectivity index (χ1) is 14.4. The highest BCUT2D eigenvalue weighted by Gasteiger charge is 2.20. The molecule has 0 aliphatic carbocycles. The number of aliphatic carboxylic acids is 1. The van der Waals surface area contributed by atoms with Crippen molar-refractivity contribution in [3.05, 3.63) is 70.2 Å². The first kappa shape index (κ1) is 27.6. The van der Waals surface area contributed by atoms with Crippen molar-refractivity contribution in [2.24, 2.45) is 7.05 Å². The van der Waals surface area contributed by atoms with E-state index in [0.29, 0.717) is 33.5 Å². The minimum atomic E-state index is -1.05. The summed E-state index contributed by atoms with van der Waals surface area (Å²) in [5.74, 6) is -1.05. The molecule has 1 aromatic carbocycles. The van der Waals surface area contributed by atoms with Gasteiger partial charge in [-0.3, -0.25) is 9.59 Å². The van der Waals surface area contributed by atoms with Crippen LogP contribution in [0.3, 0.4) is 0 Å². The first-order valence-electron chi connectivity index (χ1n) is 9.38. The molecule has 0 radical (unpaired) electrons. The van der Waals surface area contributed by atoms with Gasteiger partial charge in [0.05, 0.1) is 12.0 Å². The lowest BCUT2D eigenvalue weighted by Crippen LogP contribution is -2.26. The third-order valence-corrected chi connectivity index (χ3v) is 3.91. The van der Waals surface area contributed by atoms with Crippen LogP contribution in [-0.4, -0.2) is 26.4 Å². The second-order valence-corrected chi connectivity index (χ2v) is 7.49. The zero-order valence-corrected chi connectivity index (χ0v) is 18.5. The highest BCUT2D eigenvalue weighted by Crippen LogP contribution is 2.31. The fourth-order valence-corrected chi connectivity index (χ4v) is 2.72. The van der Waals surface area contributed by atoms with Gasteiger partial charge in [-0.1, -0.05) is 49.6 Å². The van der Waals surface area contributed by atoms with Crippen LogP contribution in [0.25, 0.3) is 23.3 Å². The predicted molar refractivity (Wildman–Crippen MR) is 125 cm³/mol. The van der Waals surface area contributed by atoms with Crippen LogP contribution < -0.4 is 5.56 Å². The number of hydrogen-bond acceptors (Lipinski definition) is 3. The van der Waals surface area contributed by atoms with Gasteiger partial charge in [0, 0.05) is 23.9 Å². The Morgan fingerprint density at radius 2 is 1.58 bits per heavy atom. The number of carbonyl (C=O) groups is 1. The molecule has 0 amide bonds. The van der Waals surface area contributed by atoms with Crippen molar-refractivity contribution in [3.63, 3.8) is 0 Å². The van der Waals surface area contributed by atoms with Crippen molar-refractivity contribution in [2.45, 2.75) is 39.5 Å². The monoisotopic (exact) mass is 427 g/mol. The fourth-order valence-electron chi connectivity index (χ4n) is 2.72. The zero-order valence-electron chi connectivity index (χ0n) is 18.5. The smallest absolute Gasteiger partial charge is 0.309 e. The lowest BCUT2D eigenvalue weighted by atomic mass is 9.92. The summed E-state index contributed by atoms with van der Waals surface area (Å²) in [5, 5.41) is 17.7. The van der Waals surface area contributed by atoms with Gasteiger partial charge in [0.25, 0.3) is 5.56 Å². The van der Waals surface area contributed by atoms with Crippen LogP contribution in [0.4, 0.5) is 4.39 Å². The first-order valence-corrected chi connectivity index (χ1v) is 9.38. The van der Waals surface area contributed by atoms with Crippen molar-refractivity contribution < 1.29 is 19.4 Å². The lowest BCUT2D eigenvalue weighted by Gasteiger charge is -2.18. The van der Waals surface area contributed by atoms with Crippen molar-refractivity contribution >= 4 is 18.1 Å². The minimum absolute atomic E-state index is 0.315. The van der Waals surface area contributed by atoms with Crippen LogP contribution in [0.1, 0.15) is 43.2 Å². The minimum Gasteiger partial charge on any atom is -0.481 e. The third kappa shape index (κ3) is 8.07. The summed E-state index contributed by atoms with van der Waals surface area (Å²) in [6.07, 6.45) is 10.6. The Balaban J connectivity index is 0.00000113. The maximum Gasteiger partial charge on any atom is 0.309 e. The van der Waals surface area contributed by atoms with Crippen molar-refractivity contribution in [2.75, 3.05) is 0 Å². The van der Waals surface area contributed by atoms with Crippen LogP contribution in [0.2, 0.25) is 0 Å². The molecule has 0 spiro atoms. The number of carboxylic acid groups (broad SMARTS) is 1. The van der Waals surface area contributed by atoms with Crippen LogP contribution in [-0.2, 0) is 24.9 Å². The summed E-state index contributed by atoms with van der Waals surface area (Å²) in [4.78, 5) is 23.7. The fraction of sp³-hybridized carbons (Fsp3) is 0.280. The standard InChI is InChI=1S/C19H18FNO3.C4H10O.C2H2/c1-4-14-15(5-2)19(24)21(3)16(10-17(22)23)18(14)13-8-6-12(11-20)7-9-13;1-4(2,3)5;1-2/h4-9H,1-2,10-11H2,3H3,(H,22,23);5H,1-3H3;1-2H. The molecule has 1 heterocycles. The molecule has 0 aliphatic heterocycles. The van der Waals surface area contributed by atoms with Gasteiger partial charge in [0.1, 0.15) is 6.67 Å². The zero-order chi connectivity index (χ0) is 24.4. The van der Waals surface area contributed by atoms with E-state index in [0.717, 1.165) is 0 Å². The lowest BCUT2D eigenvalue weighted by molar-refractivity contribution is -0.136. The number of aromatic nitrogens is 1. The number of nitrogens with zero attached hydrogens (tertiary/aromatic N) is 1. The molecule has 2 rings (SSSR count). The van der Waals surface area contributed by atoms with Gasteiger partial charge < -0.3 is 14.8 Å². The number of benzene rings is 1. The van der Waals surface area contributed by atoms with E-state index in [1.807, 2.05) is 0 Å². The number of terminal acetylenes is 1. The summed E-state index contributed by atoms with van der Waals surface area (Å²) in [7, 11) is 1.53. The van der Waals surface area contributed by atoms with E-state index in [1.165, 1.54) is 23.8 Å². The molecule has 0 aliphatic rings. The highest BCUT2D eigenvalue weighted by atomic mass is 19.1. The van der Waals surface area contributed by atoms with Gasteiger partial charge in [0.15, 0.2) is 0 Å². The maximum atomic E-state index is 12.7. The van der Waals surface area contributed by atoms with Crippen LogP contribution >= 0.6 is 0 Å². The van der Waals surface area contributed by atoms with E-state index < -0.39 is 18.2 Å². The van der Waals surface area contributed by atoms with Crippen molar-refractivity contribution in [3.8, 4) is 24.0 Å². The van der Waals surface area contributed by atoms with E-state index in [2.05, 4.69) is 26.0 Å². The quantitative estimate of drug-likeness (QED) is 0.667. The average Bonchev–Trinajstić information content (AvgIpc) is 2.71. The second kappa shape index (κ2) is 12.3. The van der Waals surface area contributed by atoms with Crippen LogP contribution in [0.15, 0.2) is 42.2 Å². The van der Waals surface area contributed by atoms with Crippen molar-refractivity contribution in [1.82, 2.24) is 4.57 Å². The molecule has 5 nitrogen and oxygen atoms in total. The van der Waals surface area contributed by atoms with Gasteiger partial charge in [-0.05, 0) is 37.5 Å². The van der Waals surface area contributed by atoms with Gasteiger partial charge in [-0.2, -0.15) is 0 Å².